The summed E-state index contributed by atoms with van der Waals surface area (Å²) in [5.41, 5.74) is 0.111. The van der Waals surface area contributed by atoms with Crippen molar-refractivity contribution >= 4 is 35.2 Å². The summed E-state index contributed by atoms with van der Waals surface area (Å²) >= 11 is 7.24. The lowest BCUT2D eigenvalue weighted by Crippen LogP contribution is -2.37. The number of halogens is 1. The third kappa shape index (κ3) is 6.24. The summed E-state index contributed by atoms with van der Waals surface area (Å²) in [6.45, 7) is 0.415. The van der Waals surface area contributed by atoms with E-state index in [2.05, 4.69) is 20.6 Å². The molecule has 0 aliphatic carbocycles. The number of hydrogen-bond acceptors (Lipinski definition) is 6. The second-order valence-electron chi connectivity index (χ2n) is 4.76. The molecule has 2 N–H and O–H groups in total. The summed E-state index contributed by atoms with van der Waals surface area (Å²) in [5, 5.41) is 5.93. The Kier molecular flexibility index (Phi) is 7.49. The van der Waals surface area contributed by atoms with Gasteiger partial charge in [0.15, 0.2) is 17.5 Å². The molecule has 0 aliphatic heterocycles. The number of aromatic nitrogens is 2. The van der Waals surface area contributed by atoms with E-state index in [4.69, 9.17) is 16.3 Å². The minimum atomic E-state index is -0.419. The van der Waals surface area contributed by atoms with E-state index in [1.165, 1.54) is 18.0 Å². The molecule has 0 saturated carbocycles. The second kappa shape index (κ2) is 9.85. The summed E-state index contributed by atoms with van der Waals surface area (Å²) in [6.07, 6.45) is 3.19. The molecule has 0 atom stereocenters. The van der Waals surface area contributed by atoms with Crippen LogP contribution >= 0.6 is 23.4 Å². The van der Waals surface area contributed by atoms with Crippen molar-refractivity contribution in [2.75, 3.05) is 26.0 Å². The highest BCUT2D eigenvalue weighted by molar-refractivity contribution is 7.98. The lowest BCUT2D eigenvalue weighted by atomic mass is 10.3. The number of rotatable bonds is 8. The summed E-state index contributed by atoms with van der Waals surface area (Å²) in [6, 6.07) is 9.04. The summed E-state index contributed by atoms with van der Waals surface area (Å²) < 4.78 is 5.32. The number of ether oxygens (including phenoxy) is 1. The molecule has 9 heteroatoms. The molecule has 7 nitrogen and oxygen atoms in total. The molecular formula is C16H17ClN4O3S. The van der Waals surface area contributed by atoms with E-state index in [1.54, 1.807) is 18.4 Å². The van der Waals surface area contributed by atoms with E-state index in [9.17, 15) is 9.59 Å². The molecule has 0 spiro atoms. The standard InChI is InChI=1S/C16H17ClN4O3S/c1-25-16-20-9-12(17)14(21-16)15(23)19-8-7-18-13(22)10-24-11-5-3-2-4-6-11/h2-6,9H,7-8,10H2,1H3,(H,18,22)(H,19,23). The van der Waals surface area contributed by atoms with E-state index in [1.807, 2.05) is 18.2 Å². The van der Waals surface area contributed by atoms with Crippen LogP contribution in [0.2, 0.25) is 5.02 Å². The highest BCUT2D eigenvalue weighted by Crippen LogP contribution is 2.16. The number of para-hydroxylation sites is 1. The lowest BCUT2D eigenvalue weighted by molar-refractivity contribution is -0.123. The number of hydrogen-bond donors (Lipinski definition) is 2. The minimum Gasteiger partial charge on any atom is -0.484 e. The number of amides is 2. The molecule has 0 saturated heterocycles. The molecule has 0 bridgehead atoms. The van der Waals surface area contributed by atoms with Gasteiger partial charge in [-0.05, 0) is 18.4 Å². The lowest BCUT2D eigenvalue weighted by Gasteiger charge is -2.09. The Labute approximate surface area is 154 Å². The van der Waals surface area contributed by atoms with Crippen LogP contribution in [0.15, 0.2) is 41.7 Å². The Morgan fingerprint density at radius 3 is 2.64 bits per heavy atom. The number of carbonyl (C=O) groups excluding carboxylic acids is 2. The van der Waals surface area contributed by atoms with Gasteiger partial charge in [0.2, 0.25) is 0 Å². The number of thioether (sulfide) groups is 1. The van der Waals surface area contributed by atoms with Crippen LogP contribution in [0.1, 0.15) is 10.5 Å². The highest BCUT2D eigenvalue weighted by Gasteiger charge is 2.13. The molecule has 1 heterocycles. The first-order valence-corrected chi connectivity index (χ1v) is 8.99. The Morgan fingerprint density at radius 1 is 1.20 bits per heavy atom. The fraction of sp³-hybridized carbons (Fsp3) is 0.250. The predicted octanol–water partition coefficient (Wildman–Crippen LogP) is 1.78. The van der Waals surface area contributed by atoms with Crippen molar-refractivity contribution in [3.8, 4) is 5.75 Å². The molecular weight excluding hydrogens is 364 g/mol. The van der Waals surface area contributed by atoms with Crippen molar-refractivity contribution in [3.63, 3.8) is 0 Å². The molecule has 2 rings (SSSR count). The van der Waals surface area contributed by atoms with Crippen molar-refractivity contribution in [2.24, 2.45) is 0 Å². The molecule has 132 valence electrons. The van der Waals surface area contributed by atoms with Crippen molar-refractivity contribution < 1.29 is 14.3 Å². The van der Waals surface area contributed by atoms with Crippen molar-refractivity contribution in [3.05, 3.63) is 47.2 Å². The van der Waals surface area contributed by atoms with Gasteiger partial charge in [-0.25, -0.2) is 9.97 Å². The van der Waals surface area contributed by atoms with Crippen LogP contribution in [0, 0.1) is 0 Å². The molecule has 25 heavy (non-hydrogen) atoms. The number of benzene rings is 1. The number of nitrogens with zero attached hydrogens (tertiary/aromatic N) is 2. The van der Waals surface area contributed by atoms with Gasteiger partial charge in [0.1, 0.15) is 5.75 Å². The Balaban J connectivity index is 1.70. The Morgan fingerprint density at radius 2 is 1.92 bits per heavy atom. The van der Waals surface area contributed by atoms with E-state index in [0.29, 0.717) is 10.9 Å². The third-order valence-electron chi connectivity index (χ3n) is 2.97. The van der Waals surface area contributed by atoms with Gasteiger partial charge in [-0.3, -0.25) is 9.59 Å². The number of carbonyl (C=O) groups is 2. The maximum atomic E-state index is 12.1. The first-order chi connectivity index (χ1) is 12.1. The van der Waals surface area contributed by atoms with Gasteiger partial charge in [-0.1, -0.05) is 41.6 Å². The minimum absolute atomic E-state index is 0.0905. The quantitative estimate of drug-likeness (QED) is 0.412. The maximum absolute atomic E-state index is 12.1. The molecule has 1 aromatic heterocycles. The highest BCUT2D eigenvalue weighted by atomic mass is 35.5. The van der Waals surface area contributed by atoms with Crippen LogP contribution in [-0.4, -0.2) is 47.7 Å². The zero-order valence-electron chi connectivity index (χ0n) is 13.5. The zero-order valence-corrected chi connectivity index (χ0v) is 15.1. The fourth-order valence-corrected chi connectivity index (χ4v) is 2.30. The van der Waals surface area contributed by atoms with Crippen molar-refractivity contribution in [1.82, 2.24) is 20.6 Å². The maximum Gasteiger partial charge on any atom is 0.271 e. The number of nitrogens with one attached hydrogen (secondary N) is 2. The van der Waals surface area contributed by atoms with Crippen LogP contribution in [0.3, 0.4) is 0 Å². The van der Waals surface area contributed by atoms with Crippen LogP contribution in [0.5, 0.6) is 5.75 Å². The van der Waals surface area contributed by atoms with Crippen LogP contribution in [0.4, 0.5) is 0 Å². The van der Waals surface area contributed by atoms with E-state index >= 15 is 0 Å². The smallest absolute Gasteiger partial charge is 0.271 e. The topological polar surface area (TPSA) is 93.2 Å². The largest absolute Gasteiger partial charge is 0.484 e. The zero-order chi connectivity index (χ0) is 18.1. The normalized spacial score (nSPS) is 10.2. The van der Waals surface area contributed by atoms with Crippen molar-refractivity contribution in [2.45, 2.75) is 5.16 Å². The van der Waals surface area contributed by atoms with Gasteiger partial charge in [0.05, 0.1) is 11.2 Å². The molecule has 0 unspecified atom stereocenters. The van der Waals surface area contributed by atoms with Gasteiger partial charge in [0.25, 0.3) is 11.8 Å². The van der Waals surface area contributed by atoms with Crippen LogP contribution in [0.25, 0.3) is 0 Å². The first-order valence-electron chi connectivity index (χ1n) is 7.39. The fourth-order valence-electron chi connectivity index (χ4n) is 1.79. The first kappa shape index (κ1) is 19.0. The molecule has 0 aliphatic rings. The molecule has 0 fully saturated rings. The average molecular weight is 381 g/mol. The Bertz CT molecular complexity index is 731. The van der Waals surface area contributed by atoms with Gasteiger partial charge >= 0.3 is 0 Å². The summed E-state index contributed by atoms with van der Waals surface area (Å²) in [5.74, 6) is -0.0747. The molecule has 2 amide bonds. The van der Waals surface area contributed by atoms with Crippen LogP contribution < -0.4 is 15.4 Å². The van der Waals surface area contributed by atoms with E-state index in [-0.39, 0.29) is 36.3 Å². The second-order valence-corrected chi connectivity index (χ2v) is 5.94. The van der Waals surface area contributed by atoms with Gasteiger partial charge < -0.3 is 15.4 Å². The molecule has 2 aromatic rings. The SMILES string of the molecule is CSc1ncc(Cl)c(C(=O)NCCNC(=O)COc2ccccc2)n1. The van der Waals surface area contributed by atoms with E-state index in [0.717, 1.165) is 0 Å². The Hall–Kier alpha value is -2.32. The van der Waals surface area contributed by atoms with Gasteiger partial charge in [0, 0.05) is 13.1 Å². The average Bonchev–Trinajstić information content (AvgIpc) is 2.64. The van der Waals surface area contributed by atoms with Crippen molar-refractivity contribution in [1.29, 1.82) is 0 Å². The summed E-state index contributed by atoms with van der Waals surface area (Å²) in [4.78, 5) is 31.8. The predicted molar refractivity (Wildman–Crippen MR) is 96.1 cm³/mol. The monoisotopic (exact) mass is 380 g/mol. The van der Waals surface area contributed by atoms with Gasteiger partial charge in [-0.2, -0.15) is 0 Å². The molecule has 1 aromatic carbocycles. The molecule has 0 radical (unpaired) electrons. The van der Waals surface area contributed by atoms with E-state index < -0.39 is 5.91 Å². The van der Waals surface area contributed by atoms with Gasteiger partial charge in [-0.15, -0.1) is 0 Å². The third-order valence-corrected chi connectivity index (χ3v) is 3.80. The summed E-state index contributed by atoms with van der Waals surface area (Å²) in [7, 11) is 0. The van der Waals surface area contributed by atoms with Crippen LogP contribution in [-0.2, 0) is 4.79 Å².